The largest absolute Gasteiger partial charge is 0.480 e. The van der Waals surface area contributed by atoms with Crippen molar-refractivity contribution in [1.29, 1.82) is 0 Å². The molecule has 1 rings (SSSR count). The first-order valence-electron chi connectivity index (χ1n) is 6.28. The summed E-state index contributed by atoms with van der Waals surface area (Å²) in [6, 6.07) is -1.34. The molecule has 1 aliphatic heterocycles. The van der Waals surface area contributed by atoms with Crippen molar-refractivity contribution in [3.63, 3.8) is 0 Å². The zero-order valence-corrected chi connectivity index (χ0v) is 11.3. The maximum absolute atomic E-state index is 12.2. The van der Waals surface area contributed by atoms with Crippen molar-refractivity contribution in [3.05, 3.63) is 0 Å². The Bertz CT molecular complexity index is 336. The molecular formula is C12H22N2O5. The molecule has 0 aliphatic carbocycles. The SMILES string of the molecule is COCCCC(NC(=O)C1(C)COCC1N)C(=O)O. The fourth-order valence-corrected chi connectivity index (χ4v) is 1.94. The summed E-state index contributed by atoms with van der Waals surface area (Å²) in [5.41, 5.74) is 4.97. The minimum Gasteiger partial charge on any atom is -0.480 e. The number of nitrogens with two attached hydrogens (primary N) is 1. The van der Waals surface area contributed by atoms with Crippen LogP contribution in [0, 0.1) is 5.41 Å². The van der Waals surface area contributed by atoms with E-state index in [0.717, 1.165) is 0 Å². The third kappa shape index (κ3) is 3.89. The van der Waals surface area contributed by atoms with Crippen LogP contribution < -0.4 is 11.1 Å². The number of carbonyl (C=O) groups excluding carboxylic acids is 1. The first-order valence-corrected chi connectivity index (χ1v) is 6.28. The second-order valence-corrected chi connectivity index (χ2v) is 5.04. The van der Waals surface area contributed by atoms with Crippen molar-refractivity contribution in [2.45, 2.75) is 31.8 Å². The van der Waals surface area contributed by atoms with Crippen LogP contribution in [0.15, 0.2) is 0 Å². The van der Waals surface area contributed by atoms with Gasteiger partial charge in [-0.15, -0.1) is 0 Å². The molecule has 0 spiro atoms. The summed E-state index contributed by atoms with van der Waals surface area (Å²) in [6.07, 6.45) is 0.883. The molecule has 0 radical (unpaired) electrons. The second-order valence-electron chi connectivity index (χ2n) is 5.04. The van der Waals surface area contributed by atoms with Crippen LogP contribution >= 0.6 is 0 Å². The van der Waals surface area contributed by atoms with Gasteiger partial charge in [0.25, 0.3) is 0 Å². The van der Waals surface area contributed by atoms with Crippen molar-refractivity contribution in [2.75, 3.05) is 26.9 Å². The summed E-state index contributed by atoms with van der Waals surface area (Å²) in [6.45, 7) is 2.67. The highest BCUT2D eigenvalue weighted by Crippen LogP contribution is 2.27. The number of aliphatic carboxylic acids is 1. The molecule has 3 atom stereocenters. The second kappa shape index (κ2) is 6.83. The van der Waals surface area contributed by atoms with Crippen molar-refractivity contribution in [1.82, 2.24) is 5.32 Å². The van der Waals surface area contributed by atoms with E-state index in [1.807, 2.05) is 0 Å². The molecule has 19 heavy (non-hydrogen) atoms. The molecule has 0 aromatic rings. The molecular weight excluding hydrogens is 252 g/mol. The number of hydrogen-bond donors (Lipinski definition) is 3. The standard InChI is InChI=1S/C12H22N2O5/c1-12(7-19-6-9(12)13)11(17)14-8(10(15)16)4-3-5-18-2/h8-9H,3-7,13H2,1-2H3,(H,14,17)(H,15,16). The molecule has 7 heteroatoms. The van der Waals surface area contributed by atoms with E-state index in [-0.39, 0.29) is 12.5 Å². The number of methoxy groups -OCH3 is 1. The number of ether oxygens (including phenoxy) is 2. The fourth-order valence-electron chi connectivity index (χ4n) is 1.94. The lowest BCUT2D eigenvalue weighted by atomic mass is 9.84. The van der Waals surface area contributed by atoms with Crippen LogP contribution in [0.25, 0.3) is 0 Å². The summed E-state index contributed by atoms with van der Waals surface area (Å²) >= 11 is 0. The predicted octanol–water partition coefficient (Wildman–Crippen LogP) is -0.654. The average Bonchev–Trinajstić information content (AvgIpc) is 2.69. The van der Waals surface area contributed by atoms with Gasteiger partial charge in [-0.2, -0.15) is 0 Å². The summed E-state index contributed by atoms with van der Waals surface area (Å²) in [4.78, 5) is 23.3. The lowest BCUT2D eigenvalue weighted by Crippen LogP contribution is -2.54. The molecule has 0 aromatic heterocycles. The van der Waals surface area contributed by atoms with Crippen LogP contribution in [0.3, 0.4) is 0 Å². The van der Waals surface area contributed by atoms with E-state index in [0.29, 0.717) is 26.1 Å². The Morgan fingerprint density at radius 2 is 2.32 bits per heavy atom. The highest BCUT2D eigenvalue weighted by Gasteiger charge is 2.45. The lowest BCUT2D eigenvalue weighted by Gasteiger charge is -2.27. The molecule has 1 heterocycles. The zero-order chi connectivity index (χ0) is 14.5. The van der Waals surface area contributed by atoms with Crippen molar-refractivity contribution in [3.8, 4) is 0 Å². The molecule has 1 fully saturated rings. The quantitative estimate of drug-likeness (QED) is 0.532. The Labute approximate surface area is 112 Å². The monoisotopic (exact) mass is 274 g/mol. The van der Waals surface area contributed by atoms with Crippen LogP contribution in [-0.2, 0) is 19.1 Å². The average molecular weight is 274 g/mol. The molecule has 4 N–H and O–H groups in total. The highest BCUT2D eigenvalue weighted by atomic mass is 16.5. The number of rotatable bonds is 7. The molecule has 0 aromatic carbocycles. The molecule has 1 aliphatic rings. The number of carboxylic acids is 1. The zero-order valence-electron chi connectivity index (χ0n) is 11.3. The minimum absolute atomic E-state index is 0.213. The number of hydrogen-bond acceptors (Lipinski definition) is 5. The van der Waals surface area contributed by atoms with E-state index < -0.39 is 23.5 Å². The maximum Gasteiger partial charge on any atom is 0.326 e. The highest BCUT2D eigenvalue weighted by molar-refractivity contribution is 5.88. The molecule has 110 valence electrons. The fraction of sp³-hybridized carbons (Fsp3) is 0.833. The number of carbonyl (C=O) groups is 2. The van der Waals surface area contributed by atoms with Gasteiger partial charge >= 0.3 is 5.97 Å². The van der Waals surface area contributed by atoms with Gasteiger partial charge < -0.3 is 25.6 Å². The Morgan fingerprint density at radius 3 is 2.79 bits per heavy atom. The van der Waals surface area contributed by atoms with Gasteiger partial charge in [0.2, 0.25) is 5.91 Å². The Hall–Kier alpha value is -1.18. The van der Waals surface area contributed by atoms with E-state index in [4.69, 9.17) is 20.3 Å². The molecule has 3 unspecified atom stereocenters. The molecule has 1 amide bonds. The third-order valence-electron chi connectivity index (χ3n) is 3.48. The van der Waals surface area contributed by atoms with Crippen molar-refractivity contribution in [2.24, 2.45) is 11.1 Å². The Balaban J connectivity index is 2.58. The van der Waals surface area contributed by atoms with E-state index in [1.165, 1.54) is 0 Å². The van der Waals surface area contributed by atoms with E-state index >= 15 is 0 Å². The normalized spacial score (nSPS) is 28.1. The van der Waals surface area contributed by atoms with Gasteiger partial charge in [0, 0.05) is 19.8 Å². The predicted molar refractivity (Wildman–Crippen MR) is 67.6 cm³/mol. The van der Waals surface area contributed by atoms with Crippen LogP contribution in [0.4, 0.5) is 0 Å². The van der Waals surface area contributed by atoms with Gasteiger partial charge in [0.15, 0.2) is 0 Å². The minimum atomic E-state index is -1.06. The first kappa shape index (κ1) is 15.9. The smallest absolute Gasteiger partial charge is 0.326 e. The first-order chi connectivity index (χ1) is 8.91. The lowest BCUT2D eigenvalue weighted by molar-refractivity contribution is -0.144. The van der Waals surface area contributed by atoms with Crippen molar-refractivity contribution >= 4 is 11.9 Å². The van der Waals surface area contributed by atoms with Gasteiger partial charge in [0.1, 0.15) is 6.04 Å². The van der Waals surface area contributed by atoms with Crippen LogP contribution in [0.1, 0.15) is 19.8 Å². The Morgan fingerprint density at radius 1 is 1.63 bits per heavy atom. The number of amides is 1. The third-order valence-corrected chi connectivity index (χ3v) is 3.48. The molecule has 1 saturated heterocycles. The molecule has 0 saturated carbocycles. The number of nitrogens with one attached hydrogen (secondary N) is 1. The summed E-state index contributed by atoms with van der Waals surface area (Å²) in [5, 5.41) is 11.6. The maximum atomic E-state index is 12.2. The molecule has 7 nitrogen and oxygen atoms in total. The molecule has 0 bridgehead atoms. The van der Waals surface area contributed by atoms with Crippen LogP contribution in [-0.4, -0.2) is 56.0 Å². The van der Waals surface area contributed by atoms with E-state index in [1.54, 1.807) is 14.0 Å². The van der Waals surface area contributed by atoms with E-state index in [2.05, 4.69) is 5.32 Å². The topological polar surface area (TPSA) is 111 Å². The number of carboxylic acid groups (broad SMARTS) is 1. The summed E-state index contributed by atoms with van der Waals surface area (Å²) in [5.74, 6) is -1.43. The van der Waals surface area contributed by atoms with Crippen LogP contribution in [0.2, 0.25) is 0 Å². The van der Waals surface area contributed by atoms with Gasteiger partial charge in [-0.3, -0.25) is 4.79 Å². The summed E-state index contributed by atoms with van der Waals surface area (Å²) in [7, 11) is 1.55. The van der Waals surface area contributed by atoms with Gasteiger partial charge in [-0.1, -0.05) is 0 Å². The Kier molecular flexibility index (Phi) is 5.71. The van der Waals surface area contributed by atoms with Gasteiger partial charge in [-0.25, -0.2) is 4.79 Å². The van der Waals surface area contributed by atoms with Gasteiger partial charge in [-0.05, 0) is 19.8 Å². The summed E-state index contributed by atoms with van der Waals surface area (Å²) < 4.78 is 10.0. The van der Waals surface area contributed by atoms with Crippen LogP contribution in [0.5, 0.6) is 0 Å². The van der Waals surface area contributed by atoms with Gasteiger partial charge in [0.05, 0.1) is 18.6 Å². The van der Waals surface area contributed by atoms with E-state index in [9.17, 15) is 9.59 Å². The van der Waals surface area contributed by atoms with Crippen molar-refractivity contribution < 1.29 is 24.2 Å².